The molecule has 1 aromatic carbocycles. The average Bonchev–Trinajstić information content (AvgIpc) is 2.66. The zero-order valence-corrected chi connectivity index (χ0v) is 17.7. The summed E-state index contributed by atoms with van der Waals surface area (Å²) in [5.74, 6) is -6.72. The van der Waals surface area contributed by atoms with Crippen molar-refractivity contribution in [2.45, 2.75) is 64.1 Å². The predicted molar refractivity (Wildman–Crippen MR) is 109 cm³/mol. The monoisotopic (exact) mass is 427 g/mol. The van der Waals surface area contributed by atoms with Crippen molar-refractivity contribution in [3.8, 4) is 0 Å². The quantitative estimate of drug-likeness (QED) is 0.425. The van der Waals surface area contributed by atoms with E-state index in [9.17, 15) is 28.3 Å². The number of hydrogen-bond donors (Lipinski definition) is 4. The summed E-state index contributed by atoms with van der Waals surface area (Å²) in [7, 11) is 0. The first-order valence-electron chi connectivity index (χ1n) is 9.79. The molecule has 4 atom stereocenters. The Hall–Kier alpha value is -2.39. The Morgan fingerprint density at radius 2 is 1.67 bits per heavy atom. The van der Waals surface area contributed by atoms with Crippen molar-refractivity contribution in [1.82, 2.24) is 10.6 Å². The molecule has 7 nitrogen and oxygen atoms in total. The second-order valence-electron chi connectivity index (χ2n) is 7.83. The van der Waals surface area contributed by atoms with E-state index < -0.39 is 54.2 Å². The molecule has 0 aliphatic heterocycles. The number of benzene rings is 1. The van der Waals surface area contributed by atoms with Crippen molar-refractivity contribution in [1.29, 1.82) is 0 Å². The topological polar surface area (TPSA) is 122 Å². The van der Waals surface area contributed by atoms with Gasteiger partial charge in [-0.1, -0.05) is 44.2 Å². The molecule has 0 aromatic heterocycles. The number of aliphatic hydroxyl groups excluding tert-OH is 1. The molecular formula is C21H31F2N3O4. The molecule has 1 aromatic rings. The molecule has 168 valence electrons. The highest BCUT2D eigenvalue weighted by Gasteiger charge is 2.47. The lowest BCUT2D eigenvalue weighted by molar-refractivity contribution is -0.139. The number of aliphatic hydroxyl groups is 1. The van der Waals surface area contributed by atoms with Crippen LogP contribution in [0, 0.1) is 5.92 Å². The van der Waals surface area contributed by atoms with Crippen LogP contribution in [-0.4, -0.2) is 53.4 Å². The minimum Gasteiger partial charge on any atom is -0.385 e. The number of ketones is 1. The lowest BCUT2D eigenvalue weighted by Crippen LogP contribution is -2.60. The molecule has 0 fully saturated rings. The Morgan fingerprint density at radius 3 is 2.10 bits per heavy atom. The number of nitrogens with two attached hydrogens (primary N) is 1. The zero-order chi connectivity index (χ0) is 23.1. The summed E-state index contributed by atoms with van der Waals surface area (Å²) in [6.07, 6.45) is -2.17. The fourth-order valence-electron chi connectivity index (χ4n) is 3.30. The van der Waals surface area contributed by atoms with E-state index in [1.807, 2.05) is 13.8 Å². The number of amides is 2. The second kappa shape index (κ2) is 11.1. The van der Waals surface area contributed by atoms with Crippen LogP contribution in [0.3, 0.4) is 0 Å². The molecule has 0 saturated heterocycles. The third-order valence-electron chi connectivity index (χ3n) is 4.71. The number of hydrogen-bond acceptors (Lipinski definition) is 5. The van der Waals surface area contributed by atoms with Crippen LogP contribution in [0.25, 0.3) is 0 Å². The van der Waals surface area contributed by atoms with Crippen LogP contribution in [0.2, 0.25) is 0 Å². The smallest absolute Gasteiger partial charge is 0.287 e. The van der Waals surface area contributed by atoms with Crippen LogP contribution in [-0.2, 0) is 14.4 Å². The van der Waals surface area contributed by atoms with Crippen LogP contribution < -0.4 is 16.4 Å². The van der Waals surface area contributed by atoms with E-state index in [2.05, 4.69) is 10.6 Å². The Labute approximate surface area is 175 Å². The SMILES string of the molecule is CC(=O)N[C@@H](CC(C)C)C(=O)NC(C(C(C)=O)c1ccccc1)C(O)C(F)(F)CN. The highest BCUT2D eigenvalue weighted by molar-refractivity contribution is 5.89. The minimum atomic E-state index is -3.75. The van der Waals surface area contributed by atoms with Crippen molar-refractivity contribution in [3.05, 3.63) is 35.9 Å². The molecule has 3 unspecified atom stereocenters. The Kier molecular flexibility index (Phi) is 9.51. The number of nitrogens with one attached hydrogen (secondary N) is 2. The van der Waals surface area contributed by atoms with Crippen molar-refractivity contribution in [3.63, 3.8) is 0 Å². The van der Waals surface area contributed by atoms with Gasteiger partial charge >= 0.3 is 0 Å². The van der Waals surface area contributed by atoms with Crippen molar-refractivity contribution in [2.24, 2.45) is 11.7 Å². The maximum absolute atomic E-state index is 14.3. The highest BCUT2D eigenvalue weighted by Crippen LogP contribution is 2.30. The number of carbonyl (C=O) groups excluding carboxylic acids is 3. The molecule has 0 heterocycles. The van der Waals surface area contributed by atoms with E-state index in [0.29, 0.717) is 5.56 Å². The molecular weight excluding hydrogens is 396 g/mol. The van der Waals surface area contributed by atoms with E-state index in [4.69, 9.17) is 5.73 Å². The molecule has 5 N–H and O–H groups in total. The second-order valence-corrected chi connectivity index (χ2v) is 7.83. The number of alkyl halides is 2. The van der Waals surface area contributed by atoms with E-state index in [1.165, 1.54) is 13.8 Å². The molecule has 30 heavy (non-hydrogen) atoms. The van der Waals surface area contributed by atoms with Crippen LogP contribution in [0.4, 0.5) is 8.78 Å². The van der Waals surface area contributed by atoms with Gasteiger partial charge in [0.05, 0.1) is 18.5 Å². The zero-order valence-electron chi connectivity index (χ0n) is 17.7. The first-order chi connectivity index (χ1) is 13.9. The van der Waals surface area contributed by atoms with Gasteiger partial charge in [-0.25, -0.2) is 8.78 Å². The van der Waals surface area contributed by atoms with Crippen molar-refractivity contribution >= 4 is 17.6 Å². The molecule has 0 aliphatic carbocycles. The van der Waals surface area contributed by atoms with Crippen molar-refractivity contribution in [2.75, 3.05) is 6.54 Å². The molecule has 2 amide bonds. The molecule has 0 spiro atoms. The largest absolute Gasteiger partial charge is 0.385 e. The molecule has 0 radical (unpaired) electrons. The van der Waals surface area contributed by atoms with Gasteiger partial charge in [0, 0.05) is 6.92 Å². The maximum atomic E-state index is 14.3. The summed E-state index contributed by atoms with van der Waals surface area (Å²) in [5, 5.41) is 15.3. The summed E-state index contributed by atoms with van der Waals surface area (Å²) >= 11 is 0. The summed E-state index contributed by atoms with van der Waals surface area (Å²) in [6, 6.07) is 5.38. The predicted octanol–water partition coefficient (Wildman–Crippen LogP) is 1.35. The van der Waals surface area contributed by atoms with Crippen LogP contribution >= 0.6 is 0 Å². The van der Waals surface area contributed by atoms with Crippen LogP contribution in [0.1, 0.15) is 45.6 Å². The molecule has 9 heteroatoms. The lowest BCUT2D eigenvalue weighted by atomic mass is 9.83. The summed E-state index contributed by atoms with van der Waals surface area (Å²) < 4.78 is 28.6. The van der Waals surface area contributed by atoms with Crippen LogP contribution in [0.5, 0.6) is 0 Å². The first kappa shape index (κ1) is 25.6. The average molecular weight is 427 g/mol. The van der Waals surface area contributed by atoms with Gasteiger partial charge in [0.25, 0.3) is 5.92 Å². The highest BCUT2D eigenvalue weighted by atomic mass is 19.3. The van der Waals surface area contributed by atoms with E-state index in [0.717, 1.165) is 0 Å². The molecule has 0 aliphatic rings. The van der Waals surface area contributed by atoms with Crippen molar-refractivity contribution < 1.29 is 28.3 Å². The van der Waals surface area contributed by atoms with Crippen LogP contribution in [0.15, 0.2) is 30.3 Å². The van der Waals surface area contributed by atoms with E-state index >= 15 is 0 Å². The van der Waals surface area contributed by atoms with E-state index in [1.54, 1.807) is 30.3 Å². The Bertz CT molecular complexity index is 728. The van der Waals surface area contributed by atoms with Gasteiger partial charge in [-0.3, -0.25) is 14.4 Å². The Balaban J connectivity index is 3.36. The lowest BCUT2D eigenvalue weighted by Gasteiger charge is -2.35. The number of Topliss-reactive ketones (excluding diaryl/α,β-unsaturated/α-hetero) is 1. The van der Waals surface area contributed by atoms with Gasteiger partial charge in [0.15, 0.2) is 0 Å². The fourth-order valence-corrected chi connectivity index (χ4v) is 3.30. The van der Waals surface area contributed by atoms with Gasteiger partial charge in [0.2, 0.25) is 11.8 Å². The van der Waals surface area contributed by atoms with E-state index in [-0.39, 0.29) is 12.3 Å². The maximum Gasteiger partial charge on any atom is 0.287 e. The first-order valence-corrected chi connectivity index (χ1v) is 9.79. The number of halogens is 2. The van der Waals surface area contributed by atoms with Gasteiger partial charge in [-0.2, -0.15) is 0 Å². The van der Waals surface area contributed by atoms with Gasteiger partial charge in [0.1, 0.15) is 17.9 Å². The Morgan fingerprint density at radius 1 is 1.10 bits per heavy atom. The fraction of sp³-hybridized carbons (Fsp3) is 0.571. The summed E-state index contributed by atoms with van der Waals surface area (Å²) in [5.41, 5.74) is 5.48. The number of rotatable bonds is 11. The third kappa shape index (κ3) is 7.14. The summed E-state index contributed by atoms with van der Waals surface area (Å²) in [6.45, 7) is 4.93. The molecule has 0 bridgehead atoms. The standard InChI is InChI=1S/C21H31F2N3O4/c1-12(2)10-16(25-14(4)28)20(30)26-18(19(29)21(22,23)11-24)17(13(3)27)15-8-6-5-7-9-15/h5-9,12,16-19,29H,10-11,24H2,1-4H3,(H,25,28)(H,26,30)/t16-,17?,18?,19?/m0/s1. The number of carbonyl (C=O) groups is 3. The van der Waals surface area contributed by atoms with Gasteiger partial charge in [-0.05, 0) is 24.8 Å². The normalized spacial score (nSPS) is 15.8. The molecule has 1 rings (SSSR count). The minimum absolute atomic E-state index is 0.0131. The summed E-state index contributed by atoms with van der Waals surface area (Å²) in [4.78, 5) is 36.8. The third-order valence-corrected chi connectivity index (χ3v) is 4.71. The molecule has 0 saturated carbocycles. The van der Waals surface area contributed by atoms with Gasteiger partial charge in [-0.15, -0.1) is 0 Å². The van der Waals surface area contributed by atoms with Gasteiger partial charge < -0.3 is 21.5 Å².